The van der Waals surface area contributed by atoms with Crippen molar-refractivity contribution in [2.45, 2.75) is 20.8 Å². The fourth-order valence-electron chi connectivity index (χ4n) is 3.33. The van der Waals surface area contributed by atoms with Crippen molar-refractivity contribution in [3.8, 4) is 17.3 Å². The van der Waals surface area contributed by atoms with Gasteiger partial charge in [-0.25, -0.2) is 4.98 Å². The second-order valence-corrected chi connectivity index (χ2v) is 6.70. The first-order valence-electron chi connectivity index (χ1n) is 8.75. The number of primary amides is 1. The number of methoxy groups -OCH3 is 1. The largest absolute Gasteiger partial charge is 0.493 e. The number of anilines is 1. The van der Waals surface area contributed by atoms with Crippen LogP contribution in [-0.2, 0) is 4.74 Å². The van der Waals surface area contributed by atoms with Gasteiger partial charge in [-0.1, -0.05) is 6.07 Å². The lowest BCUT2D eigenvalue weighted by Gasteiger charge is -2.20. The molecule has 0 aliphatic rings. The van der Waals surface area contributed by atoms with Crippen molar-refractivity contribution >= 4 is 22.6 Å². The molecule has 0 spiro atoms. The van der Waals surface area contributed by atoms with Crippen LogP contribution in [0, 0.1) is 20.8 Å². The van der Waals surface area contributed by atoms with Crippen molar-refractivity contribution in [1.82, 2.24) is 9.55 Å². The molecule has 0 aliphatic carbocycles. The Morgan fingerprint density at radius 2 is 1.93 bits per heavy atom. The van der Waals surface area contributed by atoms with E-state index in [0.29, 0.717) is 22.6 Å². The van der Waals surface area contributed by atoms with E-state index < -0.39 is 11.5 Å². The molecule has 0 atom stereocenters. The van der Waals surface area contributed by atoms with Crippen molar-refractivity contribution in [3.05, 3.63) is 50.8 Å². The van der Waals surface area contributed by atoms with Gasteiger partial charge in [0.15, 0.2) is 6.79 Å². The summed E-state index contributed by atoms with van der Waals surface area (Å²) in [6.07, 6.45) is 0. The molecule has 0 bridgehead atoms. The molecule has 2 aromatic heterocycles. The van der Waals surface area contributed by atoms with Crippen LogP contribution in [0.5, 0.6) is 11.6 Å². The summed E-state index contributed by atoms with van der Waals surface area (Å²) in [5.74, 6) is -0.835. The van der Waals surface area contributed by atoms with E-state index in [1.165, 1.54) is 17.7 Å². The smallest absolute Gasteiger partial charge is 0.266 e. The van der Waals surface area contributed by atoms with Crippen LogP contribution in [0.4, 0.5) is 5.82 Å². The minimum atomic E-state index is -0.862. The van der Waals surface area contributed by atoms with E-state index >= 15 is 0 Å². The highest BCUT2D eigenvalue weighted by Gasteiger charge is 2.24. The van der Waals surface area contributed by atoms with E-state index in [4.69, 9.17) is 20.9 Å². The number of nitrogens with two attached hydrogens (primary N) is 2. The summed E-state index contributed by atoms with van der Waals surface area (Å²) in [6, 6.07) is 4.99. The Labute approximate surface area is 166 Å². The molecule has 0 saturated heterocycles. The van der Waals surface area contributed by atoms with Crippen LogP contribution < -0.4 is 21.8 Å². The molecular formula is C20H22N4O5. The van der Waals surface area contributed by atoms with Crippen molar-refractivity contribution < 1.29 is 19.4 Å². The van der Waals surface area contributed by atoms with Crippen LogP contribution in [0.1, 0.15) is 27.0 Å². The SMILES string of the molecule is COCOc1ccc(C)c(-n2c(N)c(C(N)=O)c3nc(O)c(C)cc3c2=O)c1C. The molecule has 3 rings (SSSR count). The third kappa shape index (κ3) is 3.25. The number of hydrogen-bond acceptors (Lipinski definition) is 7. The number of aromatic nitrogens is 2. The van der Waals surface area contributed by atoms with Crippen molar-refractivity contribution in [1.29, 1.82) is 0 Å². The van der Waals surface area contributed by atoms with Crippen LogP contribution >= 0.6 is 0 Å². The molecule has 152 valence electrons. The Balaban J connectivity index is 2.47. The average Bonchev–Trinajstić information content (AvgIpc) is 2.65. The van der Waals surface area contributed by atoms with Crippen LogP contribution in [0.2, 0.25) is 0 Å². The van der Waals surface area contributed by atoms with E-state index in [9.17, 15) is 14.7 Å². The highest BCUT2D eigenvalue weighted by molar-refractivity contribution is 6.08. The molecule has 3 aromatic rings. The van der Waals surface area contributed by atoms with E-state index in [2.05, 4.69) is 4.98 Å². The number of benzene rings is 1. The lowest BCUT2D eigenvalue weighted by atomic mass is 10.0. The number of pyridine rings is 2. The second kappa shape index (κ2) is 7.44. The highest BCUT2D eigenvalue weighted by atomic mass is 16.7. The zero-order valence-corrected chi connectivity index (χ0v) is 16.6. The number of carbonyl (C=O) groups is 1. The molecule has 9 nitrogen and oxygen atoms in total. The van der Waals surface area contributed by atoms with Crippen LogP contribution in [0.15, 0.2) is 23.0 Å². The maximum atomic E-state index is 13.4. The summed E-state index contributed by atoms with van der Waals surface area (Å²) in [7, 11) is 1.50. The van der Waals surface area contributed by atoms with E-state index in [1.807, 2.05) is 6.92 Å². The molecule has 0 fully saturated rings. The standard InChI is InChI=1S/C20H22N4O5/c1-9-5-6-13(29-8-28-4)11(3)16(9)24-17(21)14(18(22)25)15-12(20(24)27)7-10(2)19(26)23-15/h5-7H,8,21H2,1-4H3,(H2,22,25)(H,23,26). The summed E-state index contributed by atoms with van der Waals surface area (Å²) in [4.78, 5) is 29.5. The van der Waals surface area contributed by atoms with Gasteiger partial charge in [-0.2, -0.15) is 0 Å². The number of aromatic hydroxyl groups is 1. The molecular weight excluding hydrogens is 376 g/mol. The van der Waals surface area contributed by atoms with Gasteiger partial charge in [0.25, 0.3) is 11.5 Å². The Morgan fingerprint density at radius 3 is 2.55 bits per heavy atom. The van der Waals surface area contributed by atoms with Crippen molar-refractivity contribution in [2.24, 2.45) is 5.73 Å². The Hall–Kier alpha value is -3.59. The monoisotopic (exact) mass is 398 g/mol. The predicted octanol–water partition coefficient (Wildman–Crippen LogP) is 1.68. The minimum Gasteiger partial charge on any atom is -0.493 e. The van der Waals surface area contributed by atoms with Gasteiger partial charge in [0.2, 0.25) is 5.88 Å². The van der Waals surface area contributed by atoms with E-state index in [-0.39, 0.29) is 35.0 Å². The summed E-state index contributed by atoms with van der Waals surface area (Å²) >= 11 is 0. The molecule has 5 N–H and O–H groups in total. The minimum absolute atomic E-state index is 0.0281. The van der Waals surface area contributed by atoms with Gasteiger partial charge in [-0.3, -0.25) is 14.2 Å². The van der Waals surface area contributed by atoms with Gasteiger partial charge in [0.1, 0.15) is 17.1 Å². The summed E-state index contributed by atoms with van der Waals surface area (Å²) in [5, 5.41) is 10.1. The number of ether oxygens (including phenoxy) is 2. The van der Waals surface area contributed by atoms with Gasteiger partial charge in [-0.15, -0.1) is 0 Å². The Kier molecular flexibility index (Phi) is 5.17. The topological polar surface area (TPSA) is 143 Å². The first-order chi connectivity index (χ1) is 13.7. The van der Waals surface area contributed by atoms with Gasteiger partial charge in [-0.05, 0) is 38.5 Å². The molecule has 0 saturated carbocycles. The lowest BCUT2D eigenvalue weighted by Crippen LogP contribution is -2.28. The lowest BCUT2D eigenvalue weighted by molar-refractivity contribution is 0.0506. The average molecular weight is 398 g/mol. The zero-order chi connectivity index (χ0) is 21.5. The van der Waals surface area contributed by atoms with Gasteiger partial charge < -0.3 is 26.0 Å². The maximum absolute atomic E-state index is 13.4. The summed E-state index contributed by atoms with van der Waals surface area (Å²) in [6.45, 7) is 5.21. The summed E-state index contributed by atoms with van der Waals surface area (Å²) in [5.41, 5.74) is 13.3. The number of nitrogen functional groups attached to an aromatic ring is 1. The third-order valence-corrected chi connectivity index (χ3v) is 4.74. The first kappa shape index (κ1) is 20.2. The van der Waals surface area contributed by atoms with Gasteiger partial charge >= 0.3 is 0 Å². The van der Waals surface area contributed by atoms with Crippen molar-refractivity contribution in [3.63, 3.8) is 0 Å². The van der Waals surface area contributed by atoms with Crippen molar-refractivity contribution in [2.75, 3.05) is 19.6 Å². The molecule has 2 heterocycles. The number of carbonyl (C=O) groups excluding carboxylic acids is 1. The first-order valence-corrected chi connectivity index (χ1v) is 8.75. The Bertz CT molecular complexity index is 1200. The molecule has 9 heteroatoms. The fourth-order valence-corrected chi connectivity index (χ4v) is 3.33. The van der Waals surface area contributed by atoms with Crippen LogP contribution in [0.25, 0.3) is 16.6 Å². The fraction of sp³-hybridized carbons (Fsp3) is 0.250. The normalized spacial score (nSPS) is 11.0. The molecule has 29 heavy (non-hydrogen) atoms. The number of hydrogen-bond donors (Lipinski definition) is 3. The Morgan fingerprint density at radius 1 is 1.24 bits per heavy atom. The van der Waals surface area contributed by atoms with Crippen LogP contribution in [0.3, 0.4) is 0 Å². The quantitative estimate of drug-likeness (QED) is 0.555. The summed E-state index contributed by atoms with van der Waals surface area (Å²) < 4.78 is 11.7. The number of aryl methyl sites for hydroxylation is 2. The molecule has 0 unspecified atom stereocenters. The molecule has 0 aliphatic heterocycles. The van der Waals surface area contributed by atoms with E-state index in [1.54, 1.807) is 26.0 Å². The predicted molar refractivity (Wildman–Crippen MR) is 109 cm³/mol. The zero-order valence-electron chi connectivity index (χ0n) is 16.6. The number of fused-ring (bicyclic) bond motifs is 1. The van der Waals surface area contributed by atoms with E-state index in [0.717, 1.165) is 5.56 Å². The molecule has 1 amide bonds. The number of rotatable bonds is 5. The molecule has 1 aromatic carbocycles. The molecule has 0 radical (unpaired) electrons. The number of nitrogens with zero attached hydrogens (tertiary/aromatic N) is 2. The van der Waals surface area contributed by atoms with Gasteiger partial charge in [0.05, 0.1) is 16.6 Å². The van der Waals surface area contributed by atoms with Gasteiger partial charge in [0, 0.05) is 18.2 Å². The van der Waals surface area contributed by atoms with Crippen LogP contribution in [-0.4, -0.2) is 34.5 Å². The maximum Gasteiger partial charge on any atom is 0.266 e. The number of amides is 1. The highest BCUT2D eigenvalue weighted by Crippen LogP contribution is 2.32. The third-order valence-electron chi connectivity index (χ3n) is 4.74. The second-order valence-electron chi connectivity index (χ2n) is 6.70.